The molecular formula is C21H29N5O2. The fourth-order valence-electron chi connectivity index (χ4n) is 4.31. The van der Waals surface area contributed by atoms with Crippen molar-refractivity contribution in [1.29, 1.82) is 5.41 Å². The highest BCUT2D eigenvalue weighted by Crippen LogP contribution is 2.30. The number of carbonyl (C=O) groups is 1. The summed E-state index contributed by atoms with van der Waals surface area (Å²) in [5, 5.41) is 12.8. The second-order valence-corrected chi connectivity index (χ2v) is 7.91. The summed E-state index contributed by atoms with van der Waals surface area (Å²) in [6.07, 6.45) is 6.87. The topological polar surface area (TPSA) is 95.0 Å². The molecule has 1 aromatic rings. The number of likely N-dealkylation sites (tertiary alicyclic amines) is 1. The van der Waals surface area contributed by atoms with Crippen LogP contribution in [0, 0.1) is 5.41 Å². The molecule has 2 saturated heterocycles. The fraction of sp³-hybridized carbons (Fsp3) is 0.571. The Labute approximate surface area is 166 Å². The van der Waals surface area contributed by atoms with Gasteiger partial charge in [-0.25, -0.2) is 0 Å². The molecule has 3 heterocycles. The number of primary amides is 1. The lowest BCUT2D eigenvalue weighted by Crippen LogP contribution is -2.30. The fourth-order valence-corrected chi connectivity index (χ4v) is 4.31. The van der Waals surface area contributed by atoms with Crippen LogP contribution in [0.15, 0.2) is 23.4 Å². The van der Waals surface area contributed by atoms with Gasteiger partial charge in [-0.15, -0.1) is 0 Å². The van der Waals surface area contributed by atoms with E-state index in [1.165, 1.54) is 25.7 Å². The number of amidine groups is 1. The van der Waals surface area contributed by atoms with Crippen molar-refractivity contribution in [3.63, 3.8) is 0 Å². The van der Waals surface area contributed by atoms with Crippen LogP contribution in [0.2, 0.25) is 0 Å². The number of anilines is 1. The van der Waals surface area contributed by atoms with Gasteiger partial charge in [-0.05, 0) is 31.7 Å². The Hall–Kier alpha value is -2.57. The normalized spacial score (nSPS) is 22.6. The maximum Gasteiger partial charge on any atom is 0.261 e. The standard InChI is InChI=1S/C21H29N5O2/c22-20(26-11-5-6-12-26)15-7-8-16(17-14-19(21(23)27)28-24-17)18(13-15)25-9-3-1-2-4-10-25/h7-8,13,19,22H,1-6,9-12,14H2,(H2,23,27). The van der Waals surface area contributed by atoms with Crippen LogP contribution < -0.4 is 10.6 Å². The first-order chi connectivity index (χ1) is 13.6. The highest BCUT2D eigenvalue weighted by molar-refractivity contribution is 6.09. The van der Waals surface area contributed by atoms with Gasteiger partial charge in [0.15, 0.2) is 0 Å². The van der Waals surface area contributed by atoms with E-state index < -0.39 is 12.0 Å². The van der Waals surface area contributed by atoms with Gasteiger partial charge in [-0.1, -0.05) is 30.1 Å². The molecule has 2 fully saturated rings. The van der Waals surface area contributed by atoms with Crippen LogP contribution in [-0.4, -0.2) is 54.6 Å². The van der Waals surface area contributed by atoms with E-state index in [4.69, 9.17) is 16.0 Å². The molecule has 4 rings (SSSR count). The first kappa shape index (κ1) is 18.8. The van der Waals surface area contributed by atoms with Crippen molar-refractivity contribution in [3.8, 4) is 0 Å². The molecule has 7 heteroatoms. The van der Waals surface area contributed by atoms with Crippen molar-refractivity contribution in [2.45, 2.75) is 51.0 Å². The molecule has 7 nitrogen and oxygen atoms in total. The van der Waals surface area contributed by atoms with Crippen molar-refractivity contribution < 1.29 is 9.63 Å². The molecule has 3 aliphatic rings. The molecule has 150 valence electrons. The summed E-state index contributed by atoms with van der Waals surface area (Å²) in [5.41, 5.74) is 9.18. The largest absolute Gasteiger partial charge is 0.382 e. The van der Waals surface area contributed by atoms with Gasteiger partial charge in [0.1, 0.15) is 5.84 Å². The maximum atomic E-state index is 11.5. The van der Waals surface area contributed by atoms with E-state index in [0.717, 1.165) is 61.5 Å². The molecule has 0 aliphatic carbocycles. The third kappa shape index (κ3) is 3.84. The minimum Gasteiger partial charge on any atom is -0.382 e. The summed E-state index contributed by atoms with van der Waals surface area (Å²) >= 11 is 0. The highest BCUT2D eigenvalue weighted by atomic mass is 16.6. The number of carbonyl (C=O) groups excluding carboxylic acids is 1. The first-order valence-electron chi connectivity index (χ1n) is 10.4. The van der Waals surface area contributed by atoms with Gasteiger partial charge in [0.05, 0.1) is 5.71 Å². The number of nitrogens with one attached hydrogen (secondary N) is 1. The van der Waals surface area contributed by atoms with Gasteiger partial charge in [0.2, 0.25) is 6.10 Å². The van der Waals surface area contributed by atoms with Crippen molar-refractivity contribution in [2.24, 2.45) is 10.9 Å². The predicted molar refractivity (Wildman–Crippen MR) is 110 cm³/mol. The van der Waals surface area contributed by atoms with Crippen LogP contribution in [0.3, 0.4) is 0 Å². The second kappa shape index (κ2) is 8.20. The molecule has 1 amide bonds. The van der Waals surface area contributed by atoms with E-state index in [2.05, 4.69) is 21.0 Å². The average molecular weight is 383 g/mol. The lowest BCUT2D eigenvalue weighted by atomic mass is 9.99. The molecule has 1 atom stereocenters. The third-order valence-corrected chi connectivity index (χ3v) is 5.94. The number of hydrogen-bond acceptors (Lipinski definition) is 5. The average Bonchev–Trinajstić information content (AvgIpc) is 3.34. The number of nitrogens with zero attached hydrogens (tertiary/aromatic N) is 3. The molecule has 3 aliphatic heterocycles. The number of nitrogens with two attached hydrogens (primary N) is 1. The Morgan fingerprint density at radius 2 is 1.75 bits per heavy atom. The van der Waals surface area contributed by atoms with Crippen molar-refractivity contribution in [1.82, 2.24) is 4.90 Å². The molecular weight excluding hydrogens is 354 g/mol. The summed E-state index contributed by atoms with van der Waals surface area (Å²) in [7, 11) is 0. The van der Waals surface area contributed by atoms with Crippen LogP contribution in [0.4, 0.5) is 5.69 Å². The summed E-state index contributed by atoms with van der Waals surface area (Å²) in [6.45, 7) is 3.92. The molecule has 0 bridgehead atoms. The monoisotopic (exact) mass is 383 g/mol. The molecule has 3 N–H and O–H groups in total. The number of hydrogen-bond donors (Lipinski definition) is 2. The van der Waals surface area contributed by atoms with Gasteiger partial charge < -0.3 is 20.4 Å². The number of rotatable bonds is 4. The Morgan fingerprint density at radius 3 is 2.39 bits per heavy atom. The molecule has 1 unspecified atom stereocenters. The molecule has 1 aromatic carbocycles. The minimum absolute atomic E-state index is 0.402. The lowest BCUT2D eigenvalue weighted by Gasteiger charge is -2.27. The van der Waals surface area contributed by atoms with E-state index in [1.807, 2.05) is 12.1 Å². The van der Waals surface area contributed by atoms with Crippen LogP contribution in [0.5, 0.6) is 0 Å². The Balaban J connectivity index is 1.66. The van der Waals surface area contributed by atoms with Crippen LogP contribution in [0.1, 0.15) is 56.1 Å². The Morgan fingerprint density at radius 1 is 1.07 bits per heavy atom. The third-order valence-electron chi connectivity index (χ3n) is 5.94. The van der Waals surface area contributed by atoms with E-state index in [9.17, 15) is 4.79 Å². The van der Waals surface area contributed by atoms with Gasteiger partial charge >= 0.3 is 0 Å². The lowest BCUT2D eigenvalue weighted by molar-refractivity contribution is -0.127. The second-order valence-electron chi connectivity index (χ2n) is 7.91. The molecule has 0 radical (unpaired) electrons. The van der Waals surface area contributed by atoms with Crippen LogP contribution in [0.25, 0.3) is 0 Å². The Kier molecular flexibility index (Phi) is 5.50. The van der Waals surface area contributed by atoms with E-state index in [1.54, 1.807) is 0 Å². The zero-order valence-corrected chi connectivity index (χ0v) is 16.3. The SMILES string of the molecule is N=C(c1ccc(C2=NOC(C(N)=O)C2)c(N2CCCCCC2)c1)N1CCCC1. The maximum absolute atomic E-state index is 11.5. The Bertz CT molecular complexity index is 777. The van der Waals surface area contributed by atoms with Gasteiger partial charge in [0, 0.05) is 49.4 Å². The van der Waals surface area contributed by atoms with Crippen molar-refractivity contribution in [3.05, 3.63) is 29.3 Å². The van der Waals surface area contributed by atoms with E-state index in [0.29, 0.717) is 12.3 Å². The van der Waals surface area contributed by atoms with E-state index in [-0.39, 0.29) is 0 Å². The number of oxime groups is 1. The molecule has 0 saturated carbocycles. The van der Waals surface area contributed by atoms with Crippen molar-refractivity contribution >= 4 is 23.1 Å². The van der Waals surface area contributed by atoms with Gasteiger partial charge in [0.25, 0.3) is 5.91 Å². The quantitative estimate of drug-likeness (QED) is 0.617. The van der Waals surface area contributed by atoms with Crippen molar-refractivity contribution in [2.75, 3.05) is 31.1 Å². The summed E-state index contributed by atoms with van der Waals surface area (Å²) in [4.78, 5) is 21.3. The molecule has 28 heavy (non-hydrogen) atoms. The van der Waals surface area contributed by atoms with Crippen LogP contribution in [-0.2, 0) is 9.63 Å². The zero-order chi connectivity index (χ0) is 19.5. The van der Waals surface area contributed by atoms with E-state index >= 15 is 0 Å². The smallest absolute Gasteiger partial charge is 0.261 e. The minimum atomic E-state index is -0.686. The van der Waals surface area contributed by atoms with Gasteiger partial charge in [-0.2, -0.15) is 0 Å². The van der Waals surface area contributed by atoms with Gasteiger partial charge in [-0.3, -0.25) is 10.2 Å². The zero-order valence-electron chi connectivity index (χ0n) is 16.3. The molecule has 0 spiro atoms. The number of benzene rings is 1. The predicted octanol–water partition coefficient (Wildman–Crippen LogP) is 2.47. The summed E-state index contributed by atoms with van der Waals surface area (Å²) < 4.78 is 0. The highest BCUT2D eigenvalue weighted by Gasteiger charge is 2.29. The number of amides is 1. The van der Waals surface area contributed by atoms with Crippen LogP contribution >= 0.6 is 0 Å². The first-order valence-corrected chi connectivity index (χ1v) is 10.4. The summed E-state index contributed by atoms with van der Waals surface area (Å²) in [6, 6.07) is 6.16. The summed E-state index contributed by atoms with van der Waals surface area (Å²) in [5.74, 6) is 0.113. The molecule has 0 aromatic heterocycles.